The molecule has 0 saturated heterocycles. The van der Waals surface area contributed by atoms with Crippen LogP contribution in [0.2, 0.25) is 0 Å². The largest absolute Gasteiger partial charge is 0.299 e. The molecular weight excluding hydrogens is 194 g/mol. The Kier molecular flexibility index (Phi) is 4.01. The van der Waals surface area contributed by atoms with Crippen LogP contribution >= 0.6 is 11.3 Å². The van der Waals surface area contributed by atoms with Crippen LogP contribution in [0.1, 0.15) is 30.5 Å². The van der Waals surface area contributed by atoms with Crippen molar-refractivity contribution in [1.29, 1.82) is 0 Å². The van der Waals surface area contributed by atoms with Gasteiger partial charge in [-0.05, 0) is 20.3 Å². The molecule has 0 aliphatic heterocycles. The van der Waals surface area contributed by atoms with Crippen molar-refractivity contribution < 1.29 is 4.79 Å². The van der Waals surface area contributed by atoms with E-state index in [0.29, 0.717) is 12.8 Å². The zero-order chi connectivity index (χ0) is 10.6. The van der Waals surface area contributed by atoms with Gasteiger partial charge in [-0.2, -0.15) is 0 Å². The van der Waals surface area contributed by atoms with Crippen LogP contribution in [0.25, 0.3) is 0 Å². The van der Waals surface area contributed by atoms with E-state index in [9.17, 15) is 4.79 Å². The molecule has 3 heteroatoms. The summed E-state index contributed by atoms with van der Waals surface area (Å²) in [4.78, 5) is 15.7. The second kappa shape index (κ2) is 5.05. The minimum Gasteiger partial charge on any atom is -0.299 e. The zero-order valence-electron chi connectivity index (χ0n) is 8.67. The lowest BCUT2D eigenvalue weighted by molar-refractivity contribution is -0.118. The lowest BCUT2D eigenvalue weighted by Crippen LogP contribution is -2.02. The number of hydrogen-bond donors (Lipinski definition) is 0. The molecule has 0 aliphatic rings. The predicted molar refractivity (Wildman–Crippen MR) is 59.6 cm³/mol. The Morgan fingerprint density at radius 1 is 1.57 bits per heavy atom. The van der Waals surface area contributed by atoms with Crippen LogP contribution in [0.5, 0.6) is 0 Å². The fraction of sp³-hybridized carbons (Fsp3) is 0.455. The molecule has 0 N–H and O–H groups in total. The van der Waals surface area contributed by atoms with Crippen LogP contribution < -0.4 is 0 Å². The third-order valence-corrected chi connectivity index (χ3v) is 2.81. The summed E-state index contributed by atoms with van der Waals surface area (Å²) in [6.07, 6.45) is 1.86. The van der Waals surface area contributed by atoms with Crippen molar-refractivity contribution in [2.24, 2.45) is 0 Å². The molecule has 2 nitrogen and oxygen atoms in total. The first kappa shape index (κ1) is 11.1. The number of aromatic nitrogens is 1. The van der Waals surface area contributed by atoms with Gasteiger partial charge in [-0.15, -0.1) is 17.9 Å². The SMILES string of the molecule is C=C(C)CCC(=O)Cc1nc(C)cs1. The topological polar surface area (TPSA) is 30.0 Å². The summed E-state index contributed by atoms with van der Waals surface area (Å²) < 4.78 is 0. The highest BCUT2D eigenvalue weighted by atomic mass is 32.1. The minimum atomic E-state index is 0.252. The van der Waals surface area contributed by atoms with Gasteiger partial charge in [0.05, 0.1) is 6.42 Å². The molecule has 0 spiro atoms. The van der Waals surface area contributed by atoms with E-state index in [4.69, 9.17) is 0 Å². The summed E-state index contributed by atoms with van der Waals surface area (Å²) in [6, 6.07) is 0. The smallest absolute Gasteiger partial charge is 0.140 e. The van der Waals surface area contributed by atoms with Gasteiger partial charge in [0.15, 0.2) is 0 Å². The van der Waals surface area contributed by atoms with Gasteiger partial charge in [0.2, 0.25) is 0 Å². The number of nitrogens with zero attached hydrogens (tertiary/aromatic N) is 1. The van der Waals surface area contributed by atoms with Gasteiger partial charge >= 0.3 is 0 Å². The fourth-order valence-corrected chi connectivity index (χ4v) is 1.89. The lowest BCUT2D eigenvalue weighted by atomic mass is 10.1. The average molecular weight is 209 g/mol. The van der Waals surface area contributed by atoms with Crippen LogP contribution in [0.15, 0.2) is 17.5 Å². The van der Waals surface area contributed by atoms with Gasteiger partial charge in [-0.25, -0.2) is 4.98 Å². The van der Waals surface area contributed by atoms with Crippen LogP contribution in [0, 0.1) is 6.92 Å². The van der Waals surface area contributed by atoms with Gasteiger partial charge in [0.25, 0.3) is 0 Å². The highest BCUT2D eigenvalue weighted by Gasteiger charge is 2.06. The maximum atomic E-state index is 11.5. The zero-order valence-corrected chi connectivity index (χ0v) is 9.49. The standard InChI is InChI=1S/C11H15NOS/c1-8(2)4-5-10(13)6-11-12-9(3)7-14-11/h7H,1,4-6H2,2-3H3. The number of ketones is 1. The molecule has 0 unspecified atom stereocenters. The summed E-state index contributed by atoms with van der Waals surface area (Å²) in [5, 5.41) is 2.90. The van der Waals surface area contributed by atoms with Crippen LogP contribution in [-0.4, -0.2) is 10.8 Å². The van der Waals surface area contributed by atoms with Crippen LogP contribution in [-0.2, 0) is 11.2 Å². The number of thiazole rings is 1. The van der Waals surface area contributed by atoms with Gasteiger partial charge in [-0.1, -0.05) is 5.57 Å². The molecule has 0 aliphatic carbocycles. The number of aryl methyl sites for hydroxylation is 1. The van der Waals surface area contributed by atoms with Crippen molar-refractivity contribution in [2.45, 2.75) is 33.1 Å². The second-order valence-electron chi connectivity index (χ2n) is 3.56. The van der Waals surface area contributed by atoms with Crippen LogP contribution in [0.3, 0.4) is 0 Å². The molecule has 0 amide bonds. The van der Waals surface area contributed by atoms with Gasteiger partial charge in [0.1, 0.15) is 10.8 Å². The Labute approximate surface area is 88.7 Å². The molecule has 1 aromatic heterocycles. The van der Waals surface area contributed by atoms with E-state index in [1.807, 2.05) is 19.2 Å². The highest BCUT2D eigenvalue weighted by molar-refractivity contribution is 7.09. The van der Waals surface area contributed by atoms with E-state index in [1.165, 1.54) is 0 Å². The van der Waals surface area contributed by atoms with E-state index in [2.05, 4.69) is 11.6 Å². The Balaban J connectivity index is 2.37. The van der Waals surface area contributed by atoms with Crippen molar-refractivity contribution in [1.82, 2.24) is 4.98 Å². The summed E-state index contributed by atoms with van der Waals surface area (Å²) in [5.41, 5.74) is 2.06. The first-order chi connectivity index (χ1) is 6.58. The van der Waals surface area contributed by atoms with E-state index in [1.54, 1.807) is 11.3 Å². The number of carbonyl (C=O) groups excluding carboxylic acids is 1. The molecule has 0 bridgehead atoms. The van der Waals surface area contributed by atoms with E-state index in [0.717, 1.165) is 22.7 Å². The number of allylic oxidation sites excluding steroid dienone is 1. The number of Topliss-reactive ketones (excluding diaryl/α,β-unsaturated/α-hetero) is 1. The molecule has 0 aromatic carbocycles. The maximum absolute atomic E-state index is 11.5. The number of hydrogen-bond acceptors (Lipinski definition) is 3. The van der Waals surface area contributed by atoms with Gasteiger partial charge < -0.3 is 0 Å². The maximum Gasteiger partial charge on any atom is 0.140 e. The fourth-order valence-electron chi connectivity index (χ4n) is 1.09. The van der Waals surface area contributed by atoms with Crippen molar-refractivity contribution in [3.8, 4) is 0 Å². The van der Waals surface area contributed by atoms with Crippen LogP contribution in [0.4, 0.5) is 0 Å². The normalized spacial score (nSPS) is 10.1. The average Bonchev–Trinajstić information content (AvgIpc) is 2.48. The third kappa shape index (κ3) is 3.83. The first-order valence-electron chi connectivity index (χ1n) is 4.65. The quantitative estimate of drug-likeness (QED) is 0.698. The second-order valence-corrected chi connectivity index (χ2v) is 4.50. The van der Waals surface area contributed by atoms with Gasteiger partial charge in [0, 0.05) is 17.5 Å². The Morgan fingerprint density at radius 2 is 2.29 bits per heavy atom. The van der Waals surface area contributed by atoms with Crippen molar-refractivity contribution in [3.63, 3.8) is 0 Å². The molecule has 0 fully saturated rings. The minimum absolute atomic E-state index is 0.252. The monoisotopic (exact) mass is 209 g/mol. The third-order valence-electron chi connectivity index (χ3n) is 1.85. The summed E-state index contributed by atoms with van der Waals surface area (Å²) in [7, 11) is 0. The molecule has 1 aromatic rings. The van der Waals surface area contributed by atoms with E-state index >= 15 is 0 Å². The van der Waals surface area contributed by atoms with Crippen molar-refractivity contribution in [3.05, 3.63) is 28.2 Å². The number of carbonyl (C=O) groups is 1. The molecule has 0 atom stereocenters. The highest BCUT2D eigenvalue weighted by Crippen LogP contribution is 2.11. The Hall–Kier alpha value is -0.960. The molecular formula is C11H15NOS. The van der Waals surface area contributed by atoms with Crippen molar-refractivity contribution in [2.75, 3.05) is 0 Å². The van der Waals surface area contributed by atoms with E-state index < -0.39 is 0 Å². The molecule has 0 saturated carbocycles. The summed E-state index contributed by atoms with van der Waals surface area (Å²) >= 11 is 1.56. The van der Waals surface area contributed by atoms with E-state index in [-0.39, 0.29) is 5.78 Å². The molecule has 14 heavy (non-hydrogen) atoms. The first-order valence-corrected chi connectivity index (χ1v) is 5.53. The van der Waals surface area contributed by atoms with Gasteiger partial charge in [-0.3, -0.25) is 4.79 Å². The predicted octanol–water partition coefficient (Wildman–Crippen LogP) is 2.92. The molecule has 76 valence electrons. The Bertz CT molecular complexity index is 341. The number of rotatable bonds is 5. The molecule has 0 radical (unpaired) electrons. The Morgan fingerprint density at radius 3 is 2.79 bits per heavy atom. The summed E-state index contributed by atoms with van der Waals surface area (Å²) in [6.45, 7) is 7.66. The molecule has 1 rings (SSSR count). The molecule has 1 heterocycles. The van der Waals surface area contributed by atoms with Crippen molar-refractivity contribution >= 4 is 17.1 Å². The summed E-state index contributed by atoms with van der Waals surface area (Å²) in [5.74, 6) is 0.252. The lowest BCUT2D eigenvalue weighted by Gasteiger charge is -1.97.